The second-order valence-corrected chi connectivity index (χ2v) is 7.35. The van der Waals surface area contributed by atoms with Crippen LogP contribution in [0.25, 0.3) is 33.0 Å². The molecular weight excluding hydrogens is 388 g/mol. The highest BCUT2D eigenvalue weighted by molar-refractivity contribution is 6.08. The summed E-state index contributed by atoms with van der Waals surface area (Å²) in [5.41, 5.74) is 4.07. The van der Waals surface area contributed by atoms with Crippen molar-refractivity contribution in [2.45, 2.75) is 6.92 Å². The summed E-state index contributed by atoms with van der Waals surface area (Å²) in [6.45, 7) is 1.92. The first-order valence-electron chi connectivity index (χ1n) is 9.89. The van der Waals surface area contributed by atoms with E-state index >= 15 is 0 Å². The molecular formula is C26H18N2O3. The third-order valence-electron chi connectivity index (χ3n) is 5.21. The van der Waals surface area contributed by atoms with E-state index in [9.17, 15) is 9.59 Å². The van der Waals surface area contributed by atoms with Gasteiger partial charge >= 0.3 is 5.63 Å². The van der Waals surface area contributed by atoms with Crippen LogP contribution in [-0.2, 0) is 0 Å². The fourth-order valence-electron chi connectivity index (χ4n) is 3.60. The van der Waals surface area contributed by atoms with Crippen molar-refractivity contribution in [3.63, 3.8) is 0 Å². The minimum Gasteiger partial charge on any atom is -0.422 e. The molecule has 0 atom stereocenters. The van der Waals surface area contributed by atoms with Crippen LogP contribution >= 0.6 is 0 Å². The Bertz CT molecular complexity index is 1500. The minimum absolute atomic E-state index is 0.243. The number of rotatable bonds is 3. The molecule has 5 heteroatoms. The van der Waals surface area contributed by atoms with Crippen molar-refractivity contribution < 1.29 is 9.21 Å². The lowest BCUT2D eigenvalue weighted by Gasteiger charge is -2.09. The Labute approximate surface area is 178 Å². The molecule has 0 aliphatic carbocycles. The van der Waals surface area contributed by atoms with Gasteiger partial charge in [0, 0.05) is 22.0 Å². The molecule has 3 aromatic carbocycles. The summed E-state index contributed by atoms with van der Waals surface area (Å²) in [6.07, 6.45) is 0. The van der Waals surface area contributed by atoms with Crippen LogP contribution in [-0.4, -0.2) is 10.9 Å². The average molecular weight is 406 g/mol. The molecule has 0 aliphatic heterocycles. The molecule has 0 saturated carbocycles. The van der Waals surface area contributed by atoms with Crippen LogP contribution in [0.3, 0.4) is 0 Å². The largest absolute Gasteiger partial charge is 0.422 e. The Kier molecular flexibility index (Phi) is 4.56. The monoisotopic (exact) mass is 406 g/mol. The molecule has 0 fully saturated rings. The Morgan fingerprint density at radius 1 is 0.871 bits per heavy atom. The molecule has 31 heavy (non-hydrogen) atoms. The van der Waals surface area contributed by atoms with E-state index in [1.807, 2.05) is 55.5 Å². The number of pyridine rings is 1. The highest BCUT2D eigenvalue weighted by Crippen LogP contribution is 2.24. The smallest absolute Gasteiger partial charge is 0.344 e. The molecule has 0 saturated heterocycles. The first kappa shape index (κ1) is 18.8. The molecule has 0 bridgehead atoms. The lowest BCUT2D eigenvalue weighted by Crippen LogP contribution is -2.12. The van der Waals surface area contributed by atoms with Gasteiger partial charge in [0.15, 0.2) is 0 Å². The predicted molar refractivity (Wildman–Crippen MR) is 122 cm³/mol. The molecule has 2 heterocycles. The van der Waals surface area contributed by atoms with E-state index in [1.54, 1.807) is 36.4 Å². The van der Waals surface area contributed by atoms with Crippen LogP contribution in [0.2, 0.25) is 0 Å². The average Bonchev–Trinajstić information content (AvgIpc) is 2.79. The number of benzene rings is 3. The Balaban J connectivity index is 1.44. The number of aryl methyl sites for hydroxylation is 1. The normalized spacial score (nSPS) is 11.0. The van der Waals surface area contributed by atoms with Crippen LogP contribution < -0.4 is 10.9 Å². The fraction of sp³-hybridized carbons (Fsp3) is 0.0385. The summed E-state index contributed by atoms with van der Waals surface area (Å²) in [5.74, 6) is -0.243. The summed E-state index contributed by atoms with van der Waals surface area (Å²) in [4.78, 5) is 29.8. The van der Waals surface area contributed by atoms with E-state index in [4.69, 9.17) is 4.42 Å². The first-order chi connectivity index (χ1) is 15.1. The van der Waals surface area contributed by atoms with Gasteiger partial charge in [0.2, 0.25) is 0 Å². The number of nitrogens with zero attached hydrogens (tertiary/aromatic N) is 1. The van der Waals surface area contributed by atoms with Gasteiger partial charge in [0.25, 0.3) is 5.91 Å². The van der Waals surface area contributed by atoms with Gasteiger partial charge in [-0.2, -0.15) is 0 Å². The molecule has 0 spiro atoms. The first-order valence-corrected chi connectivity index (χ1v) is 9.89. The van der Waals surface area contributed by atoms with Crippen molar-refractivity contribution >= 4 is 33.5 Å². The van der Waals surface area contributed by atoms with Crippen LogP contribution in [0.4, 0.5) is 5.69 Å². The quantitative estimate of drug-likeness (QED) is 0.398. The zero-order chi connectivity index (χ0) is 21.4. The van der Waals surface area contributed by atoms with E-state index in [1.165, 1.54) is 0 Å². The van der Waals surface area contributed by atoms with Crippen LogP contribution in [0.5, 0.6) is 0 Å². The SMILES string of the molecule is Cc1ccc2cccc(NC(=O)c3ccc(-c4cc5ccccc5oc4=O)cc3)c2n1. The van der Waals surface area contributed by atoms with Crippen LogP contribution in [0, 0.1) is 6.92 Å². The second-order valence-electron chi connectivity index (χ2n) is 7.35. The van der Waals surface area contributed by atoms with Crippen molar-refractivity contribution in [1.82, 2.24) is 4.98 Å². The van der Waals surface area contributed by atoms with Crippen LogP contribution in [0.15, 0.2) is 94.1 Å². The summed E-state index contributed by atoms with van der Waals surface area (Å²) < 4.78 is 5.41. The molecule has 0 unspecified atom stereocenters. The number of carbonyl (C=O) groups excluding carboxylic acids is 1. The molecule has 1 N–H and O–H groups in total. The molecule has 2 aromatic heterocycles. The number of carbonyl (C=O) groups is 1. The maximum atomic E-state index is 12.8. The molecule has 5 nitrogen and oxygen atoms in total. The molecule has 150 valence electrons. The third-order valence-corrected chi connectivity index (χ3v) is 5.21. The lowest BCUT2D eigenvalue weighted by atomic mass is 10.0. The summed E-state index contributed by atoms with van der Waals surface area (Å²) in [7, 11) is 0. The maximum absolute atomic E-state index is 12.8. The fourth-order valence-corrected chi connectivity index (χ4v) is 3.60. The number of para-hydroxylation sites is 2. The Morgan fingerprint density at radius 3 is 2.48 bits per heavy atom. The highest BCUT2D eigenvalue weighted by atomic mass is 16.4. The Morgan fingerprint density at radius 2 is 1.65 bits per heavy atom. The topological polar surface area (TPSA) is 72.2 Å². The van der Waals surface area contributed by atoms with Gasteiger partial charge in [0.1, 0.15) is 5.58 Å². The number of aromatic nitrogens is 1. The highest BCUT2D eigenvalue weighted by Gasteiger charge is 2.12. The van der Waals surface area contributed by atoms with Crippen molar-refractivity contribution in [2.75, 3.05) is 5.32 Å². The van der Waals surface area contributed by atoms with Crippen molar-refractivity contribution in [3.8, 4) is 11.1 Å². The lowest BCUT2D eigenvalue weighted by molar-refractivity contribution is 0.102. The zero-order valence-corrected chi connectivity index (χ0v) is 16.8. The second kappa shape index (κ2) is 7.54. The summed E-state index contributed by atoms with van der Waals surface area (Å²) in [5, 5.41) is 4.75. The van der Waals surface area contributed by atoms with Gasteiger partial charge in [-0.15, -0.1) is 0 Å². The number of nitrogens with one attached hydrogen (secondary N) is 1. The number of fused-ring (bicyclic) bond motifs is 2. The number of hydrogen-bond acceptors (Lipinski definition) is 4. The van der Waals surface area contributed by atoms with Gasteiger partial charge in [-0.25, -0.2) is 4.79 Å². The standard InChI is InChI=1S/C26H18N2O3/c1-16-9-10-18-6-4-7-22(24(18)27-16)28-25(29)19-13-11-17(12-14-19)21-15-20-5-2-3-8-23(20)31-26(21)30/h2-15H,1H3,(H,28,29). The van der Waals surface area contributed by atoms with Gasteiger partial charge < -0.3 is 9.73 Å². The van der Waals surface area contributed by atoms with E-state index in [2.05, 4.69) is 10.3 Å². The van der Waals surface area contributed by atoms with Crippen molar-refractivity contribution in [3.05, 3.63) is 107 Å². The van der Waals surface area contributed by atoms with Crippen LogP contribution in [0.1, 0.15) is 16.1 Å². The summed E-state index contributed by atoms with van der Waals surface area (Å²) >= 11 is 0. The number of amides is 1. The van der Waals surface area contributed by atoms with Gasteiger partial charge in [-0.05, 0) is 48.9 Å². The van der Waals surface area contributed by atoms with E-state index in [-0.39, 0.29) is 5.91 Å². The summed E-state index contributed by atoms with van der Waals surface area (Å²) in [6, 6.07) is 25.7. The minimum atomic E-state index is -0.409. The molecule has 5 aromatic rings. The zero-order valence-electron chi connectivity index (χ0n) is 16.8. The van der Waals surface area contributed by atoms with E-state index < -0.39 is 5.63 Å². The number of hydrogen-bond donors (Lipinski definition) is 1. The molecule has 5 rings (SSSR count). The van der Waals surface area contributed by atoms with Crippen molar-refractivity contribution in [2.24, 2.45) is 0 Å². The predicted octanol–water partition coefficient (Wildman–Crippen LogP) is 5.57. The van der Waals surface area contributed by atoms with Gasteiger partial charge in [-0.3, -0.25) is 9.78 Å². The maximum Gasteiger partial charge on any atom is 0.344 e. The van der Waals surface area contributed by atoms with Gasteiger partial charge in [0.05, 0.1) is 16.8 Å². The molecule has 1 amide bonds. The van der Waals surface area contributed by atoms with E-state index in [0.717, 1.165) is 22.0 Å². The Hall–Kier alpha value is -4.25. The molecule has 0 aliphatic rings. The van der Waals surface area contributed by atoms with Crippen molar-refractivity contribution in [1.29, 1.82) is 0 Å². The van der Waals surface area contributed by atoms with E-state index in [0.29, 0.717) is 28.0 Å². The number of anilines is 1. The third kappa shape index (κ3) is 3.57. The van der Waals surface area contributed by atoms with Gasteiger partial charge in [-0.1, -0.05) is 48.5 Å². The molecule has 0 radical (unpaired) electrons.